The molecule has 2 aliphatic heterocycles. The van der Waals surface area contributed by atoms with Crippen molar-refractivity contribution in [2.75, 3.05) is 38.1 Å². The molecule has 1 amide bonds. The van der Waals surface area contributed by atoms with Gasteiger partial charge >= 0.3 is 0 Å². The van der Waals surface area contributed by atoms with Crippen LogP contribution in [0.3, 0.4) is 0 Å². The molecule has 0 bridgehead atoms. The highest BCUT2D eigenvalue weighted by Gasteiger charge is 2.25. The Labute approximate surface area is 178 Å². The van der Waals surface area contributed by atoms with Gasteiger partial charge in [0.15, 0.2) is 5.78 Å². The largest absolute Gasteiger partial charge is 0.365 e. The number of anilines is 1. The molecule has 1 N–H and O–H groups in total. The van der Waals surface area contributed by atoms with Gasteiger partial charge < -0.3 is 10.2 Å². The number of carbonyl (C=O) groups is 2. The first-order valence-electron chi connectivity index (χ1n) is 10.1. The van der Waals surface area contributed by atoms with Crippen molar-refractivity contribution in [2.45, 2.75) is 19.9 Å². The number of rotatable bonds is 4. The number of nitrogens with one attached hydrogen (secondary N) is 1. The molecule has 1 aromatic carbocycles. The molecule has 0 spiro atoms. The highest BCUT2D eigenvalue weighted by Crippen LogP contribution is 2.30. The van der Waals surface area contributed by atoms with Crippen molar-refractivity contribution in [2.24, 2.45) is 4.99 Å². The molecule has 7 nitrogen and oxygen atoms in total. The van der Waals surface area contributed by atoms with E-state index >= 15 is 0 Å². The number of nitrogens with zero attached hydrogens (tertiary/aromatic N) is 4. The Kier molecular flexibility index (Phi) is 5.77. The van der Waals surface area contributed by atoms with Crippen LogP contribution in [-0.2, 0) is 17.8 Å². The van der Waals surface area contributed by atoms with Gasteiger partial charge in [0.2, 0.25) is 5.95 Å². The van der Waals surface area contributed by atoms with E-state index in [1.165, 1.54) is 13.1 Å². The van der Waals surface area contributed by atoms with Gasteiger partial charge in [0, 0.05) is 57.3 Å². The lowest BCUT2D eigenvalue weighted by molar-refractivity contribution is -0.112. The van der Waals surface area contributed by atoms with E-state index in [0.29, 0.717) is 60.9 Å². The molecule has 2 aliphatic rings. The molecule has 31 heavy (non-hydrogen) atoms. The van der Waals surface area contributed by atoms with Gasteiger partial charge in [-0.1, -0.05) is 6.07 Å². The molecule has 0 saturated carbocycles. The highest BCUT2D eigenvalue weighted by atomic mass is 19.1. The van der Waals surface area contributed by atoms with E-state index in [1.54, 1.807) is 25.1 Å². The highest BCUT2D eigenvalue weighted by molar-refractivity contribution is 6.40. The van der Waals surface area contributed by atoms with Gasteiger partial charge in [0.05, 0.1) is 17.1 Å². The van der Waals surface area contributed by atoms with E-state index in [0.717, 1.165) is 0 Å². The van der Waals surface area contributed by atoms with Crippen LogP contribution in [0, 0.1) is 11.8 Å². The van der Waals surface area contributed by atoms with Gasteiger partial charge in [-0.3, -0.25) is 14.5 Å². The number of aliphatic imine (C=N–C) groups is 1. The molecule has 1 aromatic heterocycles. The van der Waals surface area contributed by atoms with Crippen molar-refractivity contribution in [3.8, 4) is 0 Å². The molecule has 0 unspecified atom stereocenters. The number of aromatic nitrogens is 1. The van der Waals surface area contributed by atoms with E-state index in [9.17, 15) is 18.4 Å². The second-order valence-corrected chi connectivity index (χ2v) is 7.68. The average molecular weight is 427 g/mol. The van der Waals surface area contributed by atoms with Crippen molar-refractivity contribution >= 4 is 28.8 Å². The second-order valence-electron chi connectivity index (χ2n) is 7.68. The zero-order valence-electron chi connectivity index (χ0n) is 17.4. The molecular formula is C22H23F2N5O2. The molecule has 0 atom stereocenters. The fourth-order valence-electron chi connectivity index (χ4n) is 3.89. The Morgan fingerprint density at radius 2 is 1.87 bits per heavy atom. The number of carbonyl (C=O) groups excluding carboxylic acids is 2. The summed E-state index contributed by atoms with van der Waals surface area (Å²) in [6.07, 6.45) is 0.0381. The fraction of sp³-hybridized carbons (Fsp3) is 0.364. The number of ketones is 1. The summed E-state index contributed by atoms with van der Waals surface area (Å²) in [4.78, 5) is 35.4. The molecule has 9 heteroatoms. The number of piperazine rings is 1. The van der Waals surface area contributed by atoms with E-state index in [-0.39, 0.29) is 23.7 Å². The first-order chi connectivity index (χ1) is 14.9. The molecule has 1 fully saturated rings. The number of benzene rings is 1. The van der Waals surface area contributed by atoms with Crippen LogP contribution in [0.1, 0.15) is 28.5 Å². The molecule has 1 saturated heterocycles. The summed E-state index contributed by atoms with van der Waals surface area (Å²) in [5.74, 6) is -1.65. The predicted molar refractivity (Wildman–Crippen MR) is 113 cm³/mol. The predicted octanol–water partition coefficient (Wildman–Crippen LogP) is 2.26. The standard InChI is InChI=1S/C22H23F2N5O2/c1-13-19(30)11-15-16(26-13)4-3-14(20(15)23)12-28-7-9-29(10-8-28)18-6-5-17(22(31)25-2)27-21(18)24/h3-6H,7-12H2,1-2H3,(H,25,31). The minimum atomic E-state index is -0.684. The van der Waals surface area contributed by atoms with E-state index in [4.69, 9.17) is 0 Å². The van der Waals surface area contributed by atoms with E-state index in [2.05, 4.69) is 20.2 Å². The van der Waals surface area contributed by atoms with Crippen molar-refractivity contribution < 1.29 is 18.4 Å². The number of Topliss-reactive ketones (excluding diaryl/α,β-unsaturated/α-hetero) is 1. The summed E-state index contributed by atoms with van der Waals surface area (Å²) >= 11 is 0. The van der Waals surface area contributed by atoms with Crippen LogP contribution in [0.25, 0.3) is 0 Å². The molecular weight excluding hydrogens is 404 g/mol. The van der Waals surface area contributed by atoms with Crippen molar-refractivity contribution in [3.63, 3.8) is 0 Å². The van der Waals surface area contributed by atoms with Gasteiger partial charge in [0.25, 0.3) is 5.91 Å². The Hall–Kier alpha value is -3.20. The lowest BCUT2D eigenvalue weighted by Gasteiger charge is -2.36. The van der Waals surface area contributed by atoms with Gasteiger partial charge in [-0.2, -0.15) is 4.39 Å². The molecule has 2 aromatic rings. The molecule has 3 heterocycles. The first kappa shape index (κ1) is 21.0. The maximum Gasteiger partial charge on any atom is 0.269 e. The third kappa shape index (κ3) is 4.18. The minimum Gasteiger partial charge on any atom is -0.365 e. The number of halogens is 2. The number of pyridine rings is 1. The summed E-state index contributed by atoms with van der Waals surface area (Å²) in [5, 5.41) is 2.42. The van der Waals surface area contributed by atoms with Gasteiger partial charge in [-0.25, -0.2) is 14.4 Å². The zero-order valence-corrected chi connectivity index (χ0v) is 17.4. The van der Waals surface area contributed by atoms with Crippen molar-refractivity contribution in [1.82, 2.24) is 15.2 Å². The van der Waals surface area contributed by atoms with Gasteiger partial charge in [-0.05, 0) is 25.1 Å². The molecule has 162 valence electrons. The summed E-state index contributed by atoms with van der Waals surface area (Å²) < 4.78 is 29.4. The van der Waals surface area contributed by atoms with Crippen LogP contribution in [0.15, 0.2) is 29.3 Å². The zero-order chi connectivity index (χ0) is 22.1. The van der Waals surface area contributed by atoms with Crippen LogP contribution in [0.2, 0.25) is 0 Å². The lowest BCUT2D eigenvalue weighted by atomic mass is 9.97. The number of hydrogen-bond donors (Lipinski definition) is 1. The minimum absolute atomic E-state index is 0.0308. The number of fused-ring (bicyclic) bond motifs is 1. The quantitative estimate of drug-likeness (QED) is 0.758. The SMILES string of the molecule is CNC(=O)c1ccc(N2CCN(Cc3ccc4c(c3F)CC(=O)C(C)=N4)CC2)c(F)n1. The Balaban J connectivity index is 1.42. The molecule has 0 radical (unpaired) electrons. The van der Waals surface area contributed by atoms with Gasteiger partial charge in [0.1, 0.15) is 11.5 Å². The third-order valence-electron chi connectivity index (χ3n) is 5.72. The fourth-order valence-corrected chi connectivity index (χ4v) is 3.89. The summed E-state index contributed by atoms with van der Waals surface area (Å²) in [7, 11) is 1.46. The Morgan fingerprint density at radius 3 is 2.55 bits per heavy atom. The second kappa shape index (κ2) is 8.50. The van der Waals surface area contributed by atoms with E-state index < -0.39 is 11.9 Å². The first-order valence-corrected chi connectivity index (χ1v) is 10.1. The Morgan fingerprint density at radius 1 is 1.13 bits per heavy atom. The lowest BCUT2D eigenvalue weighted by Crippen LogP contribution is -2.46. The summed E-state index contributed by atoms with van der Waals surface area (Å²) in [6.45, 7) is 4.37. The summed E-state index contributed by atoms with van der Waals surface area (Å²) in [5.41, 5.74) is 2.18. The van der Waals surface area contributed by atoms with Crippen LogP contribution < -0.4 is 10.2 Å². The third-order valence-corrected chi connectivity index (χ3v) is 5.72. The normalized spacial score (nSPS) is 16.7. The molecule has 4 rings (SSSR count). The summed E-state index contributed by atoms with van der Waals surface area (Å²) in [6, 6.07) is 6.53. The van der Waals surface area contributed by atoms with Crippen LogP contribution in [0.4, 0.5) is 20.2 Å². The van der Waals surface area contributed by atoms with Crippen molar-refractivity contribution in [1.29, 1.82) is 0 Å². The van der Waals surface area contributed by atoms with Crippen LogP contribution in [-0.4, -0.2) is 60.5 Å². The number of amides is 1. The monoisotopic (exact) mass is 427 g/mol. The maximum atomic E-state index is 15.0. The van der Waals surface area contributed by atoms with Crippen molar-refractivity contribution in [3.05, 3.63) is 52.9 Å². The van der Waals surface area contributed by atoms with Crippen LogP contribution in [0.5, 0.6) is 0 Å². The number of hydrogen-bond acceptors (Lipinski definition) is 6. The van der Waals surface area contributed by atoms with E-state index in [1.807, 2.05) is 4.90 Å². The van der Waals surface area contributed by atoms with Gasteiger partial charge in [-0.15, -0.1) is 0 Å². The topological polar surface area (TPSA) is 77.9 Å². The average Bonchev–Trinajstić information content (AvgIpc) is 2.77. The Bertz CT molecular complexity index is 1080. The maximum absolute atomic E-state index is 15.0. The molecule has 0 aliphatic carbocycles. The van der Waals surface area contributed by atoms with Crippen LogP contribution >= 0.6 is 0 Å². The smallest absolute Gasteiger partial charge is 0.269 e.